The molecule has 2 amide bonds. The summed E-state index contributed by atoms with van der Waals surface area (Å²) >= 11 is 0. The van der Waals surface area contributed by atoms with Crippen molar-refractivity contribution in [3.63, 3.8) is 0 Å². The summed E-state index contributed by atoms with van der Waals surface area (Å²) in [5, 5.41) is 5.52. The van der Waals surface area contributed by atoms with Gasteiger partial charge in [0.25, 0.3) is 0 Å². The average Bonchev–Trinajstić information content (AvgIpc) is 2.40. The molecule has 0 fully saturated rings. The van der Waals surface area contributed by atoms with Gasteiger partial charge in [-0.1, -0.05) is 12.1 Å². The Kier molecular flexibility index (Phi) is 5.76. The molecule has 5 nitrogen and oxygen atoms in total. The van der Waals surface area contributed by atoms with E-state index in [0.29, 0.717) is 18.0 Å². The molecule has 21 heavy (non-hydrogen) atoms. The normalized spacial score (nSPS) is 11.1. The number of hydrogen-bond donors (Lipinski definition) is 2. The second-order valence-corrected chi connectivity index (χ2v) is 5.64. The van der Waals surface area contributed by atoms with E-state index in [4.69, 9.17) is 4.74 Å². The quantitative estimate of drug-likeness (QED) is 0.792. The van der Waals surface area contributed by atoms with E-state index < -0.39 is 5.41 Å². The second kappa shape index (κ2) is 7.11. The number of nitrogens with one attached hydrogen (secondary N) is 2. The number of hydrogen-bond acceptors (Lipinski definition) is 3. The van der Waals surface area contributed by atoms with Crippen LogP contribution in [0.1, 0.15) is 34.6 Å². The summed E-state index contributed by atoms with van der Waals surface area (Å²) in [4.78, 5) is 24.5. The predicted octanol–water partition coefficient (Wildman–Crippen LogP) is 2.57. The fraction of sp³-hybridized carbons (Fsp3) is 0.500. The van der Waals surface area contributed by atoms with Gasteiger partial charge >= 0.3 is 0 Å². The average molecular weight is 292 g/mol. The summed E-state index contributed by atoms with van der Waals surface area (Å²) in [6, 6.07) is 7.15. The van der Waals surface area contributed by atoms with Gasteiger partial charge in [0, 0.05) is 6.04 Å². The molecule has 0 saturated heterocycles. The van der Waals surface area contributed by atoms with Crippen LogP contribution in [0.15, 0.2) is 24.3 Å². The van der Waals surface area contributed by atoms with E-state index >= 15 is 0 Å². The Morgan fingerprint density at radius 2 is 1.81 bits per heavy atom. The van der Waals surface area contributed by atoms with Gasteiger partial charge in [0.15, 0.2) is 0 Å². The summed E-state index contributed by atoms with van der Waals surface area (Å²) in [6.45, 7) is 9.29. The second-order valence-electron chi connectivity index (χ2n) is 5.64. The minimum Gasteiger partial charge on any atom is -0.492 e. The van der Waals surface area contributed by atoms with Gasteiger partial charge in [0.2, 0.25) is 11.8 Å². The van der Waals surface area contributed by atoms with E-state index in [-0.39, 0.29) is 17.9 Å². The van der Waals surface area contributed by atoms with Gasteiger partial charge in [-0.15, -0.1) is 0 Å². The number of carbonyl (C=O) groups is 2. The van der Waals surface area contributed by atoms with Crippen molar-refractivity contribution in [1.29, 1.82) is 0 Å². The van der Waals surface area contributed by atoms with Crippen LogP contribution in [0, 0.1) is 5.41 Å². The monoisotopic (exact) mass is 292 g/mol. The molecule has 2 N–H and O–H groups in total. The molecule has 0 heterocycles. The first kappa shape index (κ1) is 17.0. The zero-order valence-electron chi connectivity index (χ0n) is 13.3. The number of amides is 2. The summed E-state index contributed by atoms with van der Waals surface area (Å²) in [6.07, 6.45) is 0. The van der Waals surface area contributed by atoms with Crippen molar-refractivity contribution in [1.82, 2.24) is 5.32 Å². The molecule has 0 unspecified atom stereocenters. The van der Waals surface area contributed by atoms with E-state index in [1.54, 1.807) is 32.0 Å². The fourth-order valence-corrected chi connectivity index (χ4v) is 1.68. The summed E-state index contributed by atoms with van der Waals surface area (Å²) in [5.41, 5.74) is -0.598. The molecular formula is C16H24N2O3. The topological polar surface area (TPSA) is 67.4 Å². The molecule has 1 aromatic carbocycles. The van der Waals surface area contributed by atoms with Gasteiger partial charge in [-0.05, 0) is 46.8 Å². The molecule has 0 aromatic heterocycles. The maximum atomic E-state index is 12.4. The highest BCUT2D eigenvalue weighted by molar-refractivity contribution is 6.10. The van der Waals surface area contributed by atoms with Crippen molar-refractivity contribution >= 4 is 17.5 Å². The summed E-state index contributed by atoms with van der Waals surface area (Å²) < 4.78 is 5.46. The van der Waals surface area contributed by atoms with E-state index in [1.165, 1.54) is 0 Å². The van der Waals surface area contributed by atoms with Crippen LogP contribution in [0.4, 0.5) is 5.69 Å². The molecule has 5 heteroatoms. The number of carbonyl (C=O) groups excluding carboxylic acids is 2. The molecule has 0 spiro atoms. The summed E-state index contributed by atoms with van der Waals surface area (Å²) in [5.74, 6) is -0.0786. The number of anilines is 1. The van der Waals surface area contributed by atoms with Crippen LogP contribution >= 0.6 is 0 Å². The molecule has 1 aromatic rings. The Hall–Kier alpha value is -2.04. The minimum atomic E-state index is -1.16. The van der Waals surface area contributed by atoms with E-state index in [1.807, 2.05) is 26.8 Å². The van der Waals surface area contributed by atoms with Crippen LogP contribution < -0.4 is 15.4 Å². The molecule has 0 atom stereocenters. The lowest BCUT2D eigenvalue weighted by atomic mass is 9.90. The zero-order valence-corrected chi connectivity index (χ0v) is 13.3. The van der Waals surface area contributed by atoms with Crippen LogP contribution in [-0.4, -0.2) is 24.5 Å². The smallest absolute Gasteiger partial charge is 0.239 e. The van der Waals surface area contributed by atoms with Crippen molar-refractivity contribution in [3.8, 4) is 5.75 Å². The van der Waals surface area contributed by atoms with Crippen molar-refractivity contribution in [2.45, 2.75) is 40.7 Å². The highest BCUT2D eigenvalue weighted by Gasteiger charge is 2.36. The third-order valence-electron chi connectivity index (χ3n) is 2.99. The van der Waals surface area contributed by atoms with Crippen molar-refractivity contribution < 1.29 is 14.3 Å². The van der Waals surface area contributed by atoms with Gasteiger partial charge in [0.1, 0.15) is 11.2 Å². The summed E-state index contributed by atoms with van der Waals surface area (Å²) in [7, 11) is 0. The molecular weight excluding hydrogens is 268 g/mol. The number of ether oxygens (including phenoxy) is 1. The van der Waals surface area contributed by atoms with Crippen LogP contribution in [0.3, 0.4) is 0 Å². The minimum absolute atomic E-state index is 0.0136. The van der Waals surface area contributed by atoms with Crippen molar-refractivity contribution in [2.24, 2.45) is 5.41 Å². The number of benzene rings is 1. The van der Waals surface area contributed by atoms with E-state index in [0.717, 1.165) is 0 Å². The van der Waals surface area contributed by atoms with Crippen LogP contribution in [0.5, 0.6) is 5.75 Å². The van der Waals surface area contributed by atoms with E-state index in [2.05, 4.69) is 10.6 Å². The first-order chi connectivity index (χ1) is 9.78. The van der Waals surface area contributed by atoms with Crippen molar-refractivity contribution in [2.75, 3.05) is 11.9 Å². The molecule has 0 aliphatic rings. The first-order valence-corrected chi connectivity index (χ1v) is 7.13. The Balaban J connectivity index is 2.87. The highest BCUT2D eigenvalue weighted by atomic mass is 16.5. The molecule has 116 valence electrons. The lowest BCUT2D eigenvalue weighted by Gasteiger charge is -2.24. The number of para-hydroxylation sites is 2. The third-order valence-corrected chi connectivity index (χ3v) is 2.99. The van der Waals surface area contributed by atoms with Crippen molar-refractivity contribution in [3.05, 3.63) is 24.3 Å². The maximum Gasteiger partial charge on any atom is 0.239 e. The van der Waals surface area contributed by atoms with Gasteiger partial charge < -0.3 is 15.4 Å². The lowest BCUT2D eigenvalue weighted by molar-refractivity contribution is -0.138. The van der Waals surface area contributed by atoms with Gasteiger partial charge in [-0.25, -0.2) is 0 Å². The first-order valence-electron chi connectivity index (χ1n) is 7.13. The van der Waals surface area contributed by atoms with Crippen LogP contribution in [0.25, 0.3) is 0 Å². The van der Waals surface area contributed by atoms with Gasteiger partial charge in [-0.2, -0.15) is 0 Å². The van der Waals surface area contributed by atoms with Crippen LogP contribution in [-0.2, 0) is 9.59 Å². The standard InChI is InChI=1S/C16H24N2O3/c1-6-21-13-10-8-7-9-12(13)18-15(20)16(4,5)14(19)17-11(2)3/h7-11H,6H2,1-5H3,(H,17,19)(H,18,20). The number of rotatable bonds is 6. The molecule has 0 aliphatic heterocycles. The molecule has 0 saturated carbocycles. The zero-order chi connectivity index (χ0) is 16.0. The van der Waals surface area contributed by atoms with Crippen LogP contribution in [0.2, 0.25) is 0 Å². The van der Waals surface area contributed by atoms with Gasteiger partial charge in [0.05, 0.1) is 12.3 Å². The maximum absolute atomic E-state index is 12.4. The molecule has 0 radical (unpaired) electrons. The van der Waals surface area contributed by atoms with E-state index in [9.17, 15) is 9.59 Å². The molecule has 0 bridgehead atoms. The SMILES string of the molecule is CCOc1ccccc1NC(=O)C(C)(C)C(=O)NC(C)C. The fourth-order valence-electron chi connectivity index (χ4n) is 1.68. The Morgan fingerprint density at radius 3 is 2.38 bits per heavy atom. The van der Waals surface area contributed by atoms with Gasteiger partial charge in [-0.3, -0.25) is 9.59 Å². The largest absolute Gasteiger partial charge is 0.492 e. The molecule has 0 aliphatic carbocycles. The Morgan fingerprint density at radius 1 is 1.19 bits per heavy atom. The lowest BCUT2D eigenvalue weighted by Crippen LogP contribution is -2.47. The Labute approximate surface area is 126 Å². The Bertz CT molecular complexity index is 510. The molecule has 1 rings (SSSR count). The highest BCUT2D eigenvalue weighted by Crippen LogP contribution is 2.26. The third kappa shape index (κ3) is 4.48. The predicted molar refractivity (Wildman–Crippen MR) is 83.3 cm³/mol.